The first-order valence-corrected chi connectivity index (χ1v) is 6.34. The highest BCUT2D eigenvalue weighted by Crippen LogP contribution is 2.48. The first-order valence-electron chi connectivity index (χ1n) is 5.57. The zero-order chi connectivity index (χ0) is 11.9. The molecule has 5 heteroatoms. The van der Waals surface area contributed by atoms with Crippen LogP contribution >= 0.6 is 11.5 Å². The van der Waals surface area contributed by atoms with E-state index in [0.29, 0.717) is 18.3 Å². The molecular formula is C11H19N3OS. The van der Waals surface area contributed by atoms with Crippen molar-refractivity contribution < 1.29 is 5.11 Å². The molecule has 0 bridgehead atoms. The Balaban J connectivity index is 2.19. The predicted octanol–water partition coefficient (Wildman–Crippen LogP) is 1.81. The standard InChI is InChI=1S/C11H19N3OS/c1-11(2,15)6-14(3)10-8(7-4-5-7)9(12)13-16-10/h7,15H,4-6H2,1-3H3,(H2,12,13). The zero-order valence-electron chi connectivity index (χ0n) is 10.0. The van der Waals surface area contributed by atoms with E-state index in [0.717, 1.165) is 5.00 Å². The van der Waals surface area contributed by atoms with E-state index in [2.05, 4.69) is 9.27 Å². The van der Waals surface area contributed by atoms with Crippen LogP contribution in [0.4, 0.5) is 10.8 Å². The first-order chi connectivity index (χ1) is 7.38. The molecule has 2 rings (SSSR count). The third kappa shape index (κ3) is 2.47. The summed E-state index contributed by atoms with van der Waals surface area (Å²) in [6.07, 6.45) is 2.43. The van der Waals surface area contributed by atoms with Gasteiger partial charge in [0.2, 0.25) is 0 Å². The van der Waals surface area contributed by atoms with E-state index in [4.69, 9.17) is 5.73 Å². The summed E-state index contributed by atoms with van der Waals surface area (Å²) in [5.41, 5.74) is 6.39. The van der Waals surface area contributed by atoms with Gasteiger partial charge in [0.1, 0.15) is 10.8 Å². The molecule has 1 aliphatic rings. The molecule has 0 atom stereocenters. The molecule has 1 saturated carbocycles. The van der Waals surface area contributed by atoms with Gasteiger partial charge < -0.3 is 15.7 Å². The van der Waals surface area contributed by atoms with Crippen LogP contribution in [-0.4, -0.2) is 28.7 Å². The molecule has 1 aromatic rings. The Kier molecular flexibility index (Phi) is 2.84. The highest BCUT2D eigenvalue weighted by atomic mass is 32.1. The Morgan fingerprint density at radius 3 is 2.69 bits per heavy atom. The van der Waals surface area contributed by atoms with Gasteiger partial charge in [-0.2, -0.15) is 4.37 Å². The summed E-state index contributed by atoms with van der Waals surface area (Å²) in [5, 5.41) is 10.9. The molecule has 0 aliphatic heterocycles. The van der Waals surface area contributed by atoms with Crippen molar-refractivity contribution >= 4 is 22.4 Å². The second kappa shape index (κ2) is 3.89. The minimum Gasteiger partial charge on any atom is -0.389 e. The van der Waals surface area contributed by atoms with Crippen molar-refractivity contribution in [2.24, 2.45) is 0 Å². The number of likely N-dealkylation sites (N-methyl/N-ethyl adjacent to an activating group) is 1. The van der Waals surface area contributed by atoms with Gasteiger partial charge in [0, 0.05) is 19.2 Å². The zero-order valence-corrected chi connectivity index (χ0v) is 10.8. The Morgan fingerprint density at radius 2 is 2.19 bits per heavy atom. The molecule has 1 fully saturated rings. The van der Waals surface area contributed by atoms with Gasteiger partial charge in [-0.05, 0) is 44.1 Å². The summed E-state index contributed by atoms with van der Waals surface area (Å²) in [4.78, 5) is 2.06. The number of rotatable bonds is 4. The number of nitrogens with two attached hydrogens (primary N) is 1. The quantitative estimate of drug-likeness (QED) is 0.844. The Labute approximate surface area is 100 Å². The monoisotopic (exact) mass is 241 g/mol. The fourth-order valence-corrected chi connectivity index (χ4v) is 2.84. The van der Waals surface area contributed by atoms with Gasteiger partial charge in [-0.15, -0.1) is 0 Å². The molecule has 0 aromatic carbocycles. The summed E-state index contributed by atoms with van der Waals surface area (Å²) in [6, 6.07) is 0. The van der Waals surface area contributed by atoms with Crippen LogP contribution in [0.1, 0.15) is 38.2 Å². The Bertz CT molecular complexity index is 379. The average Bonchev–Trinajstić information content (AvgIpc) is 2.87. The van der Waals surface area contributed by atoms with E-state index in [1.165, 1.54) is 29.9 Å². The van der Waals surface area contributed by atoms with Crippen LogP contribution in [0.2, 0.25) is 0 Å². The SMILES string of the molecule is CN(CC(C)(C)O)c1snc(N)c1C1CC1. The second-order valence-corrected chi connectivity index (χ2v) is 5.98. The van der Waals surface area contributed by atoms with Crippen molar-refractivity contribution in [3.8, 4) is 0 Å². The van der Waals surface area contributed by atoms with Gasteiger partial charge in [0.15, 0.2) is 0 Å². The summed E-state index contributed by atoms with van der Waals surface area (Å²) in [5.74, 6) is 1.27. The Morgan fingerprint density at radius 1 is 1.56 bits per heavy atom. The van der Waals surface area contributed by atoms with Crippen LogP contribution in [0.3, 0.4) is 0 Å². The van der Waals surface area contributed by atoms with E-state index < -0.39 is 5.60 Å². The third-order valence-corrected chi connectivity index (χ3v) is 3.69. The van der Waals surface area contributed by atoms with Crippen LogP contribution < -0.4 is 10.6 Å². The highest BCUT2D eigenvalue weighted by molar-refractivity contribution is 7.10. The maximum absolute atomic E-state index is 9.81. The van der Waals surface area contributed by atoms with Crippen LogP contribution in [0, 0.1) is 0 Å². The van der Waals surface area contributed by atoms with Crippen LogP contribution in [0.5, 0.6) is 0 Å². The summed E-state index contributed by atoms with van der Waals surface area (Å²) in [6.45, 7) is 4.21. The number of anilines is 2. The summed E-state index contributed by atoms with van der Waals surface area (Å²) >= 11 is 1.43. The molecule has 0 unspecified atom stereocenters. The van der Waals surface area contributed by atoms with Crippen molar-refractivity contribution in [2.75, 3.05) is 24.2 Å². The molecule has 0 radical (unpaired) electrons. The van der Waals surface area contributed by atoms with Crippen molar-refractivity contribution in [2.45, 2.75) is 38.2 Å². The van der Waals surface area contributed by atoms with E-state index in [1.807, 2.05) is 20.9 Å². The predicted molar refractivity (Wildman–Crippen MR) is 68.1 cm³/mol. The Hall–Kier alpha value is -0.810. The lowest BCUT2D eigenvalue weighted by molar-refractivity contribution is 0.0887. The lowest BCUT2D eigenvalue weighted by Crippen LogP contribution is -2.36. The van der Waals surface area contributed by atoms with Crippen molar-refractivity contribution in [1.82, 2.24) is 4.37 Å². The maximum Gasteiger partial charge on any atom is 0.142 e. The number of hydrogen-bond donors (Lipinski definition) is 2. The number of nitrogen functional groups attached to an aromatic ring is 1. The molecule has 0 saturated heterocycles. The van der Waals surface area contributed by atoms with Crippen molar-refractivity contribution in [1.29, 1.82) is 0 Å². The normalized spacial score (nSPS) is 16.5. The summed E-state index contributed by atoms with van der Waals surface area (Å²) in [7, 11) is 1.98. The molecule has 1 heterocycles. The van der Waals surface area contributed by atoms with Crippen LogP contribution in [0.25, 0.3) is 0 Å². The fraction of sp³-hybridized carbons (Fsp3) is 0.727. The molecule has 3 N–H and O–H groups in total. The van der Waals surface area contributed by atoms with Crippen LogP contribution in [0.15, 0.2) is 0 Å². The van der Waals surface area contributed by atoms with Gasteiger partial charge in [-0.3, -0.25) is 0 Å². The average molecular weight is 241 g/mol. The van der Waals surface area contributed by atoms with E-state index in [-0.39, 0.29) is 0 Å². The van der Waals surface area contributed by atoms with Gasteiger partial charge in [-0.1, -0.05) is 0 Å². The van der Waals surface area contributed by atoms with Gasteiger partial charge in [0.05, 0.1) is 5.60 Å². The van der Waals surface area contributed by atoms with Crippen molar-refractivity contribution in [3.05, 3.63) is 5.56 Å². The lowest BCUT2D eigenvalue weighted by atomic mass is 10.1. The second-order valence-electron chi connectivity index (χ2n) is 5.23. The number of aromatic nitrogens is 1. The molecular weight excluding hydrogens is 222 g/mol. The van der Waals surface area contributed by atoms with Crippen molar-refractivity contribution in [3.63, 3.8) is 0 Å². The minimum absolute atomic E-state index is 0.592. The number of hydrogen-bond acceptors (Lipinski definition) is 5. The molecule has 90 valence electrons. The van der Waals surface area contributed by atoms with Crippen LogP contribution in [-0.2, 0) is 0 Å². The smallest absolute Gasteiger partial charge is 0.142 e. The molecule has 1 aliphatic carbocycles. The third-order valence-electron chi connectivity index (χ3n) is 2.69. The highest BCUT2D eigenvalue weighted by Gasteiger charge is 2.32. The van der Waals surface area contributed by atoms with Gasteiger partial charge >= 0.3 is 0 Å². The largest absolute Gasteiger partial charge is 0.389 e. The van der Waals surface area contributed by atoms with Gasteiger partial charge in [-0.25, -0.2) is 0 Å². The topological polar surface area (TPSA) is 62.4 Å². The van der Waals surface area contributed by atoms with E-state index >= 15 is 0 Å². The number of nitrogens with zero attached hydrogens (tertiary/aromatic N) is 2. The molecule has 16 heavy (non-hydrogen) atoms. The molecule has 0 spiro atoms. The summed E-state index contributed by atoms with van der Waals surface area (Å²) < 4.78 is 4.23. The number of aliphatic hydroxyl groups is 1. The van der Waals surface area contributed by atoms with E-state index in [1.54, 1.807) is 0 Å². The maximum atomic E-state index is 9.81. The van der Waals surface area contributed by atoms with E-state index in [9.17, 15) is 5.11 Å². The lowest BCUT2D eigenvalue weighted by Gasteiger charge is -2.26. The molecule has 1 aromatic heterocycles. The molecule has 4 nitrogen and oxygen atoms in total. The van der Waals surface area contributed by atoms with Gasteiger partial charge in [0.25, 0.3) is 0 Å². The fourth-order valence-electron chi connectivity index (χ4n) is 1.98. The molecule has 0 amide bonds. The first kappa shape index (κ1) is 11.7. The minimum atomic E-state index is -0.700.